The lowest BCUT2D eigenvalue weighted by molar-refractivity contribution is -0.163. The van der Waals surface area contributed by atoms with Crippen molar-refractivity contribution >= 4 is 29.6 Å². The summed E-state index contributed by atoms with van der Waals surface area (Å²) in [6.45, 7) is 2.10. The Bertz CT molecular complexity index is 580. The number of nitrogens with one attached hydrogen (secondary N) is 3. The number of thioether (sulfide) groups is 1. The Labute approximate surface area is 144 Å². The van der Waals surface area contributed by atoms with E-state index in [-0.39, 0.29) is 29.5 Å². The third kappa shape index (κ3) is 3.21. The predicted octanol–water partition coefficient (Wildman–Crippen LogP) is -0.749. The molecule has 0 unspecified atom stereocenters. The number of carbonyl (C=O) groups excluding carboxylic acids is 1. The molecule has 0 aromatic rings. The summed E-state index contributed by atoms with van der Waals surface area (Å²) in [7, 11) is 0. The number of aliphatic hydroxyl groups is 1. The van der Waals surface area contributed by atoms with E-state index in [0.717, 1.165) is 0 Å². The lowest BCUT2D eigenvalue weighted by Crippen LogP contribution is -2.63. The topological polar surface area (TPSA) is 152 Å². The highest BCUT2D eigenvalue weighted by molar-refractivity contribution is 8.02. The summed E-state index contributed by atoms with van der Waals surface area (Å²) in [6, 6.07) is -0.299. The Morgan fingerprint density at radius 3 is 2.71 bits per heavy atom. The molecule has 0 aromatic carbocycles. The molecule has 0 spiro atoms. The monoisotopic (exact) mass is 357 g/mol. The normalized spacial score (nSPS) is 26.9. The lowest BCUT2D eigenvalue weighted by Gasteiger charge is -2.47. The summed E-state index contributed by atoms with van der Waals surface area (Å²) < 4.78 is 0. The van der Waals surface area contributed by atoms with Crippen molar-refractivity contribution in [2.45, 2.75) is 31.9 Å². The van der Waals surface area contributed by atoms with Gasteiger partial charge in [-0.05, 0) is 26.0 Å². The second kappa shape index (κ2) is 7.41. The zero-order chi connectivity index (χ0) is 18.0. The minimum Gasteiger partial charge on any atom is -0.477 e. The second-order valence-electron chi connectivity index (χ2n) is 5.90. The Balaban J connectivity index is 2.12. The molecule has 2 rings (SSSR count). The number of hydrazine groups is 1. The van der Waals surface area contributed by atoms with Crippen molar-refractivity contribution in [1.82, 2.24) is 15.8 Å². The maximum absolute atomic E-state index is 12.3. The number of carbonyl (C=O) groups is 2. The largest absolute Gasteiger partial charge is 0.477 e. The third-order valence-corrected chi connectivity index (χ3v) is 5.33. The van der Waals surface area contributed by atoms with Crippen LogP contribution in [-0.4, -0.2) is 57.9 Å². The number of guanidine groups is 1. The summed E-state index contributed by atoms with van der Waals surface area (Å²) in [4.78, 5) is 25.9. The van der Waals surface area contributed by atoms with Gasteiger partial charge in [0.1, 0.15) is 5.70 Å². The van der Waals surface area contributed by atoms with Crippen LogP contribution in [-0.2, 0) is 9.59 Å². The molecule has 1 amide bonds. The van der Waals surface area contributed by atoms with Crippen LogP contribution in [0, 0.1) is 17.2 Å². The molecule has 1 fully saturated rings. The van der Waals surface area contributed by atoms with Crippen molar-refractivity contribution < 1.29 is 19.8 Å². The van der Waals surface area contributed by atoms with Gasteiger partial charge < -0.3 is 20.8 Å². The summed E-state index contributed by atoms with van der Waals surface area (Å²) in [5.41, 5.74) is 10.5. The van der Waals surface area contributed by atoms with E-state index in [1.54, 1.807) is 13.2 Å². The van der Waals surface area contributed by atoms with Gasteiger partial charge in [-0.15, -0.1) is 11.8 Å². The number of carboxylic acid groups (broad SMARTS) is 1. The van der Waals surface area contributed by atoms with Gasteiger partial charge in [0.05, 0.1) is 18.1 Å². The molecule has 10 heteroatoms. The van der Waals surface area contributed by atoms with E-state index < -0.39 is 18.0 Å². The standard InChI is InChI=1S/C14H23N5O4S/c1-6(20)8-9-7(4-3-5-17-18-14(15)16)11(24-2)10(13(22)23)19(9)12(8)21/h6-9,17,20H,3-5H2,1-2H3,(H,22,23)(H4,15,16,18)/t6-,7-,8-,9-/m1/s1. The SMILES string of the molecule is CSC1=C(C(=O)O)N2C(=O)[C@H]([C@@H](C)O)[C@H]2[C@H]1CCCNNC(=N)N. The number of hydrogen-bond acceptors (Lipinski definition) is 6. The van der Waals surface area contributed by atoms with E-state index in [0.29, 0.717) is 24.3 Å². The van der Waals surface area contributed by atoms with E-state index in [4.69, 9.17) is 11.1 Å². The first-order chi connectivity index (χ1) is 11.3. The van der Waals surface area contributed by atoms with Crippen LogP contribution in [0.2, 0.25) is 0 Å². The Hall–Kier alpha value is -1.78. The minimum atomic E-state index is -1.11. The van der Waals surface area contributed by atoms with Crippen LogP contribution in [0.1, 0.15) is 19.8 Å². The number of amides is 1. The van der Waals surface area contributed by atoms with Crippen molar-refractivity contribution in [1.29, 1.82) is 5.41 Å². The summed E-state index contributed by atoms with van der Waals surface area (Å²) in [5.74, 6) is -2.28. The van der Waals surface area contributed by atoms with Gasteiger partial charge in [-0.25, -0.2) is 10.2 Å². The number of fused-ring (bicyclic) bond motifs is 1. The van der Waals surface area contributed by atoms with E-state index in [2.05, 4.69) is 10.9 Å². The van der Waals surface area contributed by atoms with Gasteiger partial charge in [-0.3, -0.25) is 15.6 Å². The zero-order valence-electron chi connectivity index (χ0n) is 13.6. The smallest absolute Gasteiger partial charge is 0.353 e. The highest BCUT2D eigenvalue weighted by Gasteiger charge is 2.60. The molecule has 9 nitrogen and oxygen atoms in total. The number of aliphatic carboxylic acids is 1. The van der Waals surface area contributed by atoms with E-state index in [9.17, 15) is 19.8 Å². The molecule has 2 aliphatic rings. The van der Waals surface area contributed by atoms with E-state index in [1.165, 1.54) is 16.7 Å². The Morgan fingerprint density at radius 1 is 1.54 bits per heavy atom. The third-order valence-electron chi connectivity index (χ3n) is 4.39. The summed E-state index contributed by atoms with van der Waals surface area (Å²) in [5, 5.41) is 26.4. The first-order valence-corrected chi connectivity index (χ1v) is 8.89. The van der Waals surface area contributed by atoms with Crippen molar-refractivity contribution in [2.75, 3.05) is 12.8 Å². The Morgan fingerprint density at radius 2 is 2.21 bits per heavy atom. The lowest BCUT2D eigenvalue weighted by atomic mass is 9.77. The summed E-state index contributed by atoms with van der Waals surface area (Å²) >= 11 is 1.34. The van der Waals surface area contributed by atoms with E-state index >= 15 is 0 Å². The van der Waals surface area contributed by atoms with Gasteiger partial charge in [-0.2, -0.15) is 0 Å². The van der Waals surface area contributed by atoms with Gasteiger partial charge in [0.25, 0.3) is 0 Å². The van der Waals surface area contributed by atoms with E-state index in [1.807, 2.05) is 0 Å². The maximum Gasteiger partial charge on any atom is 0.353 e. The molecule has 0 saturated carbocycles. The number of carboxylic acids is 1. The molecule has 2 aliphatic heterocycles. The van der Waals surface area contributed by atoms with Crippen LogP contribution in [0.3, 0.4) is 0 Å². The average Bonchev–Trinajstić information content (AvgIpc) is 2.76. The molecule has 7 N–H and O–H groups in total. The van der Waals surface area contributed by atoms with Gasteiger partial charge in [0.15, 0.2) is 5.96 Å². The van der Waals surface area contributed by atoms with Crippen LogP contribution in [0.4, 0.5) is 0 Å². The highest BCUT2D eigenvalue weighted by atomic mass is 32.2. The number of hydrogen-bond donors (Lipinski definition) is 6. The quantitative estimate of drug-likeness (QED) is 0.109. The second-order valence-corrected chi connectivity index (χ2v) is 6.75. The first kappa shape index (κ1) is 18.6. The number of nitrogens with two attached hydrogens (primary N) is 1. The fraction of sp³-hybridized carbons (Fsp3) is 0.643. The van der Waals surface area contributed by atoms with Crippen LogP contribution < -0.4 is 16.6 Å². The summed E-state index contributed by atoms with van der Waals surface area (Å²) in [6.07, 6.45) is 2.36. The van der Waals surface area contributed by atoms with Gasteiger partial charge in [0.2, 0.25) is 5.91 Å². The highest BCUT2D eigenvalue weighted by Crippen LogP contribution is 2.51. The fourth-order valence-corrected chi connectivity index (χ4v) is 4.43. The molecular formula is C14H23N5O4S. The van der Waals surface area contributed by atoms with Crippen molar-refractivity contribution in [2.24, 2.45) is 17.6 Å². The first-order valence-electron chi connectivity index (χ1n) is 7.66. The molecule has 1 saturated heterocycles. The predicted molar refractivity (Wildman–Crippen MR) is 89.8 cm³/mol. The van der Waals surface area contributed by atoms with Gasteiger partial charge in [0, 0.05) is 17.4 Å². The van der Waals surface area contributed by atoms with Crippen LogP contribution in [0.5, 0.6) is 0 Å². The Kier molecular flexibility index (Phi) is 5.73. The molecule has 2 heterocycles. The number of nitrogens with zero attached hydrogens (tertiary/aromatic N) is 1. The molecule has 0 bridgehead atoms. The maximum atomic E-state index is 12.3. The van der Waals surface area contributed by atoms with Crippen LogP contribution >= 0.6 is 11.8 Å². The zero-order valence-corrected chi connectivity index (χ0v) is 14.4. The van der Waals surface area contributed by atoms with Gasteiger partial charge >= 0.3 is 5.97 Å². The average molecular weight is 357 g/mol. The molecular weight excluding hydrogens is 334 g/mol. The van der Waals surface area contributed by atoms with Crippen LogP contribution in [0.25, 0.3) is 0 Å². The molecule has 0 radical (unpaired) electrons. The molecule has 4 atom stereocenters. The molecule has 0 aliphatic carbocycles. The van der Waals surface area contributed by atoms with Gasteiger partial charge in [-0.1, -0.05) is 0 Å². The molecule has 24 heavy (non-hydrogen) atoms. The van der Waals surface area contributed by atoms with Crippen LogP contribution in [0.15, 0.2) is 10.6 Å². The number of β-lactam (4-membered cyclic amide) rings is 1. The molecule has 0 aromatic heterocycles. The van der Waals surface area contributed by atoms with Crippen molar-refractivity contribution in [3.05, 3.63) is 10.6 Å². The molecule has 134 valence electrons. The van der Waals surface area contributed by atoms with Crippen molar-refractivity contribution in [3.63, 3.8) is 0 Å². The number of aliphatic hydroxyl groups excluding tert-OH is 1. The van der Waals surface area contributed by atoms with Crippen molar-refractivity contribution in [3.8, 4) is 0 Å². The fourth-order valence-electron chi connectivity index (χ4n) is 3.49. The minimum absolute atomic E-state index is 0.0502. The number of rotatable bonds is 8.